The zero-order valence-corrected chi connectivity index (χ0v) is 19.4. The molecular weight excluding hydrogens is 491 g/mol. The number of hydrogen-bond donors (Lipinski definition) is 2. The topological polar surface area (TPSA) is 84.9 Å². The van der Waals surface area contributed by atoms with Gasteiger partial charge in [0.2, 0.25) is 0 Å². The molecule has 0 radical (unpaired) electrons. The van der Waals surface area contributed by atoms with Crippen molar-refractivity contribution in [2.75, 3.05) is 6.61 Å². The molecular formula is C24H21Cl2F2NO5. The highest BCUT2D eigenvalue weighted by atomic mass is 35.5. The Morgan fingerprint density at radius 1 is 1.12 bits per heavy atom. The molecule has 34 heavy (non-hydrogen) atoms. The van der Waals surface area contributed by atoms with Crippen molar-refractivity contribution in [1.82, 2.24) is 5.32 Å². The molecule has 3 aliphatic carbocycles. The molecule has 10 heteroatoms. The van der Waals surface area contributed by atoms with Crippen LogP contribution in [0.15, 0.2) is 30.3 Å². The third-order valence-corrected chi connectivity index (χ3v) is 7.57. The smallest absolute Gasteiger partial charge is 0.258 e. The lowest BCUT2D eigenvalue weighted by atomic mass is 9.38. The molecule has 2 aromatic carbocycles. The first kappa shape index (κ1) is 23.3. The summed E-state index contributed by atoms with van der Waals surface area (Å²) < 4.78 is 38.1. The number of nitrogens with one attached hydrogen (secondary N) is 1. The number of halogens is 4. The minimum Gasteiger partial charge on any atom is -0.484 e. The number of hydrogen-bond acceptors (Lipinski definition) is 5. The molecule has 2 aromatic rings. The highest BCUT2D eigenvalue weighted by molar-refractivity contribution is 6.42. The summed E-state index contributed by atoms with van der Waals surface area (Å²) in [5.41, 5.74) is -0.408. The van der Waals surface area contributed by atoms with Crippen molar-refractivity contribution in [3.63, 3.8) is 0 Å². The van der Waals surface area contributed by atoms with Crippen LogP contribution < -0.4 is 14.8 Å². The first-order chi connectivity index (χ1) is 16.1. The van der Waals surface area contributed by atoms with Crippen LogP contribution in [-0.2, 0) is 9.59 Å². The number of aliphatic hydroxyl groups excluding tert-OH is 1. The normalized spacial score (nSPS) is 28.6. The number of rotatable bonds is 7. The van der Waals surface area contributed by atoms with E-state index in [1.807, 2.05) is 0 Å². The predicted octanol–water partition coefficient (Wildman–Crippen LogP) is 4.53. The highest BCUT2D eigenvalue weighted by Gasteiger charge is 2.68. The van der Waals surface area contributed by atoms with Gasteiger partial charge in [0.15, 0.2) is 30.1 Å². The number of carbonyl (C=O) groups is 2. The number of aliphatic hydroxyl groups is 1. The van der Waals surface area contributed by atoms with Crippen molar-refractivity contribution in [2.24, 2.45) is 5.41 Å². The molecule has 0 spiro atoms. The molecule has 2 atom stereocenters. The summed E-state index contributed by atoms with van der Waals surface area (Å²) in [4.78, 5) is 25.2. The van der Waals surface area contributed by atoms with Gasteiger partial charge in [0, 0.05) is 36.1 Å². The maximum absolute atomic E-state index is 13.6. The lowest BCUT2D eigenvalue weighted by Gasteiger charge is -2.70. The van der Waals surface area contributed by atoms with Crippen LogP contribution in [0.3, 0.4) is 0 Å². The van der Waals surface area contributed by atoms with E-state index in [-0.39, 0.29) is 53.4 Å². The summed E-state index contributed by atoms with van der Waals surface area (Å²) in [5.74, 6) is -2.22. The summed E-state index contributed by atoms with van der Waals surface area (Å²) >= 11 is 11.8. The van der Waals surface area contributed by atoms with Crippen LogP contribution in [0.5, 0.6) is 11.5 Å². The molecule has 2 bridgehead atoms. The van der Waals surface area contributed by atoms with E-state index in [4.69, 9.17) is 32.7 Å². The number of carbonyl (C=O) groups excluding carboxylic acids is 2. The Morgan fingerprint density at radius 3 is 2.53 bits per heavy atom. The molecule has 1 amide bonds. The maximum Gasteiger partial charge on any atom is 0.258 e. The van der Waals surface area contributed by atoms with Crippen LogP contribution in [0.4, 0.5) is 8.78 Å². The van der Waals surface area contributed by atoms with Crippen LogP contribution in [0.2, 0.25) is 10.0 Å². The maximum atomic E-state index is 13.6. The number of ketones is 1. The van der Waals surface area contributed by atoms with Gasteiger partial charge in [0.25, 0.3) is 5.91 Å². The van der Waals surface area contributed by atoms with E-state index in [1.165, 1.54) is 6.07 Å². The van der Waals surface area contributed by atoms with Crippen LogP contribution in [-0.4, -0.2) is 35.0 Å². The van der Waals surface area contributed by atoms with Gasteiger partial charge in [0.1, 0.15) is 11.5 Å². The van der Waals surface area contributed by atoms with E-state index in [2.05, 4.69) is 5.32 Å². The lowest BCUT2D eigenvalue weighted by molar-refractivity contribution is -0.175. The monoisotopic (exact) mass is 511 g/mol. The molecule has 2 N–H and O–H groups in total. The molecule has 180 valence electrons. The zero-order valence-electron chi connectivity index (χ0n) is 17.9. The Bertz CT molecular complexity index is 1170. The minimum atomic E-state index is -1.11. The van der Waals surface area contributed by atoms with E-state index in [0.29, 0.717) is 35.1 Å². The molecule has 1 heterocycles. The average Bonchev–Trinajstić information content (AvgIpc) is 2.73. The van der Waals surface area contributed by atoms with E-state index in [0.717, 1.165) is 12.1 Å². The van der Waals surface area contributed by atoms with Crippen molar-refractivity contribution < 1.29 is 33.0 Å². The predicted molar refractivity (Wildman–Crippen MR) is 119 cm³/mol. The van der Waals surface area contributed by atoms with Gasteiger partial charge in [-0.3, -0.25) is 9.59 Å². The average molecular weight is 512 g/mol. The largest absolute Gasteiger partial charge is 0.484 e. The van der Waals surface area contributed by atoms with Crippen LogP contribution in [0.25, 0.3) is 0 Å². The second-order valence-electron chi connectivity index (χ2n) is 9.53. The first-order valence-corrected chi connectivity index (χ1v) is 11.6. The van der Waals surface area contributed by atoms with Gasteiger partial charge in [-0.25, -0.2) is 8.78 Å². The van der Waals surface area contributed by atoms with Gasteiger partial charge in [-0.1, -0.05) is 23.2 Å². The Labute approximate surface area is 204 Å². The SMILES string of the molecule is O=C(COc1ccc(Cl)c(Cl)c1)NC12CC(CC(=O)[C@@H]3C[C@H](O)c4cc(F)c(F)cc4O3)(C1)C2. The van der Waals surface area contributed by atoms with E-state index < -0.39 is 23.8 Å². The Morgan fingerprint density at radius 2 is 1.82 bits per heavy atom. The second kappa shape index (κ2) is 8.36. The Kier molecular flexibility index (Phi) is 5.73. The first-order valence-electron chi connectivity index (χ1n) is 10.8. The third-order valence-electron chi connectivity index (χ3n) is 6.83. The number of Topliss-reactive ketones (excluding diaryl/α,β-unsaturated/α-hetero) is 1. The van der Waals surface area contributed by atoms with Gasteiger partial charge in [0.05, 0.1) is 16.1 Å². The number of benzene rings is 2. The molecule has 1 aliphatic heterocycles. The van der Waals surface area contributed by atoms with Gasteiger partial charge in [-0.15, -0.1) is 0 Å². The highest BCUT2D eigenvalue weighted by Crippen LogP contribution is 2.69. The molecule has 3 saturated carbocycles. The Balaban J connectivity index is 1.11. The quantitative estimate of drug-likeness (QED) is 0.570. The fraction of sp³-hybridized carbons (Fsp3) is 0.417. The van der Waals surface area contributed by atoms with Crippen molar-refractivity contribution >= 4 is 34.9 Å². The lowest BCUT2D eigenvalue weighted by Crippen LogP contribution is -2.75. The number of fused-ring (bicyclic) bond motifs is 1. The molecule has 0 saturated heterocycles. The van der Waals surface area contributed by atoms with Crippen molar-refractivity contribution in [1.29, 1.82) is 0 Å². The molecule has 0 unspecified atom stereocenters. The molecule has 0 aromatic heterocycles. The van der Waals surface area contributed by atoms with Gasteiger partial charge < -0.3 is 19.9 Å². The number of ether oxygens (including phenoxy) is 2. The molecule has 4 aliphatic rings. The molecule has 6 nitrogen and oxygen atoms in total. The van der Waals surface area contributed by atoms with E-state index in [9.17, 15) is 23.5 Å². The second-order valence-corrected chi connectivity index (χ2v) is 10.3. The fourth-order valence-corrected chi connectivity index (χ4v) is 5.77. The third kappa shape index (κ3) is 4.23. The summed E-state index contributed by atoms with van der Waals surface area (Å²) in [7, 11) is 0. The Hall–Kier alpha value is -2.42. The van der Waals surface area contributed by atoms with E-state index in [1.54, 1.807) is 12.1 Å². The van der Waals surface area contributed by atoms with Gasteiger partial charge in [-0.2, -0.15) is 0 Å². The zero-order chi connectivity index (χ0) is 24.3. The summed E-state index contributed by atoms with van der Waals surface area (Å²) in [6.07, 6.45) is 0.178. The summed E-state index contributed by atoms with van der Waals surface area (Å²) in [6, 6.07) is 6.50. The number of amides is 1. The van der Waals surface area contributed by atoms with Gasteiger partial charge >= 0.3 is 0 Å². The molecule has 3 fully saturated rings. The molecule has 6 rings (SSSR count). The van der Waals surface area contributed by atoms with Crippen LogP contribution >= 0.6 is 23.2 Å². The van der Waals surface area contributed by atoms with Gasteiger partial charge in [-0.05, 0) is 42.9 Å². The van der Waals surface area contributed by atoms with Crippen molar-refractivity contribution in [2.45, 2.75) is 49.9 Å². The fourth-order valence-electron chi connectivity index (χ4n) is 5.48. The minimum absolute atomic E-state index is 0.0130. The van der Waals surface area contributed by atoms with Crippen LogP contribution in [0.1, 0.15) is 43.8 Å². The van der Waals surface area contributed by atoms with E-state index >= 15 is 0 Å². The standard InChI is InChI=1S/C24H21Cl2F2NO5/c25-14-2-1-12(3-15(14)26)33-8-22(32)29-24-9-23(10-24,11-24)7-19(31)21-6-18(30)13-4-16(27)17(28)5-20(13)34-21/h1-5,18,21,30H,6-11H2,(H,29,32)/t18-,21-,23?,24?/m0/s1. The summed E-state index contributed by atoms with van der Waals surface area (Å²) in [6.45, 7) is -0.171. The van der Waals surface area contributed by atoms with Crippen molar-refractivity contribution in [3.8, 4) is 11.5 Å². The van der Waals surface area contributed by atoms with Crippen LogP contribution in [0, 0.1) is 17.0 Å². The summed E-state index contributed by atoms with van der Waals surface area (Å²) in [5, 5.41) is 14.0. The van der Waals surface area contributed by atoms with Crippen molar-refractivity contribution in [3.05, 3.63) is 57.6 Å².